The molecule has 0 saturated heterocycles. The van der Waals surface area contributed by atoms with Gasteiger partial charge in [-0.25, -0.2) is 0 Å². The number of rotatable bonds is 5. The molecule has 4 nitrogen and oxygen atoms in total. The van der Waals surface area contributed by atoms with Crippen molar-refractivity contribution in [1.82, 2.24) is 5.32 Å². The maximum Gasteiger partial charge on any atom is 0.233 e. The molecule has 0 aliphatic heterocycles. The third-order valence-electron chi connectivity index (χ3n) is 4.20. The van der Waals surface area contributed by atoms with Crippen molar-refractivity contribution < 1.29 is 9.53 Å². The van der Waals surface area contributed by atoms with Crippen molar-refractivity contribution in [2.75, 3.05) is 7.11 Å². The van der Waals surface area contributed by atoms with Crippen LogP contribution >= 0.6 is 12.2 Å². The Morgan fingerprint density at radius 1 is 1.38 bits per heavy atom. The molecule has 5 heteroatoms. The van der Waals surface area contributed by atoms with E-state index in [1.165, 1.54) is 0 Å². The fourth-order valence-corrected chi connectivity index (χ4v) is 3.17. The molecule has 1 amide bonds. The molecule has 1 aromatic rings. The number of methoxy groups -OCH3 is 1. The lowest BCUT2D eigenvalue weighted by Crippen LogP contribution is -2.49. The molecule has 0 aromatic heterocycles. The van der Waals surface area contributed by atoms with Crippen LogP contribution in [0.2, 0.25) is 0 Å². The molecule has 1 aromatic carbocycles. The predicted octanol–water partition coefficient (Wildman–Crippen LogP) is 2.55. The van der Waals surface area contributed by atoms with E-state index in [0.717, 1.165) is 43.4 Å². The number of benzene rings is 1. The van der Waals surface area contributed by atoms with E-state index in [-0.39, 0.29) is 5.91 Å². The zero-order valence-electron chi connectivity index (χ0n) is 12.4. The topological polar surface area (TPSA) is 64.3 Å². The Hall–Kier alpha value is -1.62. The summed E-state index contributed by atoms with van der Waals surface area (Å²) >= 11 is 5.17. The molecule has 3 N–H and O–H groups in total. The maximum atomic E-state index is 12.6. The van der Waals surface area contributed by atoms with E-state index in [1.807, 2.05) is 24.3 Å². The molecule has 21 heavy (non-hydrogen) atoms. The van der Waals surface area contributed by atoms with E-state index >= 15 is 0 Å². The monoisotopic (exact) mass is 306 g/mol. The highest BCUT2D eigenvalue weighted by Gasteiger charge is 2.42. The van der Waals surface area contributed by atoms with E-state index < -0.39 is 5.41 Å². The lowest BCUT2D eigenvalue weighted by molar-refractivity contribution is -0.129. The van der Waals surface area contributed by atoms with Crippen molar-refractivity contribution in [2.24, 2.45) is 11.1 Å². The smallest absolute Gasteiger partial charge is 0.233 e. The van der Waals surface area contributed by atoms with Gasteiger partial charge in [0.25, 0.3) is 0 Å². The van der Waals surface area contributed by atoms with Crippen LogP contribution in [-0.4, -0.2) is 18.0 Å². The standard InChI is InChI=1S/C16H22N2O2S/c1-20-13-7-5-6-12(10-13)11-18-15(19)16(14(17)21)8-3-2-4-9-16/h5-7,10H,2-4,8-9,11H2,1H3,(H2,17,21)(H,18,19). The number of carbonyl (C=O) groups excluding carboxylic acids is 1. The SMILES string of the molecule is COc1cccc(CNC(=O)C2(C(N)=S)CCCCC2)c1. The molecular formula is C16H22N2O2S. The summed E-state index contributed by atoms with van der Waals surface area (Å²) in [5, 5.41) is 2.98. The first kappa shape index (κ1) is 15.8. The Labute approximate surface area is 131 Å². The largest absolute Gasteiger partial charge is 0.497 e. The fraction of sp³-hybridized carbons (Fsp3) is 0.500. The maximum absolute atomic E-state index is 12.6. The van der Waals surface area contributed by atoms with Crippen molar-refractivity contribution >= 4 is 23.1 Å². The van der Waals surface area contributed by atoms with Crippen molar-refractivity contribution in [2.45, 2.75) is 38.6 Å². The minimum Gasteiger partial charge on any atom is -0.497 e. The molecular weight excluding hydrogens is 284 g/mol. The third kappa shape index (κ3) is 3.53. The van der Waals surface area contributed by atoms with Crippen molar-refractivity contribution in [3.8, 4) is 5.75 Å². The van der Waals surface area contributed by atoms with Gasteiger partial charge < -0.3 is 15.8 Å². The van der Waals surface area contributed by atoms with Gasteiger partial charge in [-0.2, -0.15) is 0 Å². The van der Waals surface area contributed by atoms with Crippen LogP contribution in [0.5, 0.6) is 5.75 Å². The predicted molar refractivity (Wildman–Crippen MR) is 87.1 cm³/mol. The van der Waals surface area contributed by atoms with Crippen LogP contribution in [-0.2, 0) is 11.3 Å². The van der Waals surface area contributed by atoms with Crippen LogP contribution in [0.3, 0.4) is 0 Å². The zero-order chi connectivity index (χ0) is 15.3. The minimum absolute atomic E-state index is 0.0440. The second kappa shape index (κ2) is 6.89. The molecule has 0 spiro atoms. The van der Waals surface area contributed by atoms with E-state index in [2.05, 4.69) is 5.32 Å². The fourth-order valence-electron chi connectivity index (χ4n) is 2.87. The van der Waals surface area contributed by atoms with Crippen LogP contribution < -0.4 is 15.8 Å². The highest BCUT2D eigenvalue weighted by atomic mass is 32.1. The van der Waals surface area contributed by atoms with Gasteiger partial charge in [-0.05, 0) is 30.5 Å². The number of hydrogen-bond acceptors (Lipinski definition) is 3. The Kier molecular flexibility index (Phi) is 5.17. The molecule has 0 atom stereocenters. The average Bonchev–Trinajstić information content (AvgIpc) is 2.53. The molecule has 1 aliphatic carbocycles. The molecule has 2 rings (SSSR count). The summed E-state index contributed by atoms with van der Waals surface area (Å²) in [4.78, 5) is 12.9. The van der Waals surface area contributed by atoms with Crippen LogP contribution in [0.25, 0.3) is 0 Å². The molecule has 0 unspecified atom stereocenters. The Morgan fingerprint density at radius 3 is 2.71 bits per heavy atom. The summed E-state index contributed by atoms with van der Waals surface area (Å²) in [6.45, 7) is 0.459. The molecule has 1 fully saturated rings. The molecule has 1 aliphatic rings. The number of amides is 1. The average molecular weight is 306 g/mol. The second-order valence-corrected chi connectivity index (χ2v) is 5.98. The first-order valence-corrected chi connectivity index (χ1v) is 7.70. The van der Waals surface area contributed by atoms with Gasteiger partial charge in [0.15, 0.2) is 0 Å². The van der Waals surface area contributed by atoms with Gasteiger partial charge in [0.05, 0.1) is 17.5 Å². The number of nitrogens with one attached hydrogen (secondary N) is 1. The summed E-state index contributed by atoms with van der Waals surface area (Å²) in [5.74, 6) is 0.737. The molecule has 1 saturated carbocycles. The Bertz CT molecular complexity index is 525. The van der Waals surface area contributed by atoms with E-state index in [9.17, 15) is 4.79 Å². The van der Waals surface area contributed by atoms with E-state index in [1.54, 1.807) is 7.11 Å². The number of nitrogens with two attached hydrogens (primary N) is 1. The Morgan fingerprint density at radius 2 is 2.10 bits per heavy atom. The number of carbonyl (C=O) groups is 1. The van der Waals surface area contributed by atoms with Gasteiger partial charge >= 0.3 is 0 Å². The molecule has 114 valence electrons. The van der Waals surface area contributed by atoms with Gasteiger partial charge in [0.2, 0.25) is 5.91 Å². The number of hydrogen-bond donors (Lipinski definition) is 2. The molecule has 0 radical (unpaired) electrons. The molecule has 0 bridgehead atoms. The van der Waals surface area contributed by atoms with Gasteiger partial charge in [-0.1, -0.05) is 43.6 Å². The summed E-state index contributed by atoms with van der Waals surface area (Å²) in [7, 11) is 1.63. The number of thiocarbonyl (C=S) groups is 1. The first-order chi connectivity index (χ1) is 10.1. The minimum atomic E-state index is -0.660. The second-order valence-electron chi connectivity index (χ2n) is 5.54. The van der Waals surface area contributed by atoms with Crippen molar-refractivity contribution in [3.05, 3.63) is 29.8 Å². The Balaban J connectivity index is 2.03. The van der Waals surface area contributed by atoms with E-state index in [0.29, 0.717) is 11.5 Å². The van der Waals surface area contributed by atoms with E-state index in [4.69, 9.17) is 22.7 Å². The lowest BCUT2D eigenvalue weighted by atomic mass is 9.73. The summed E-state index contributed by atoms with van der Waals surface area (Å²) in [6.07, 6.45) is 4.67. The lowest BCUT2D eigenvalue weighted by Gasteiger charge is -2.34. The summed E-state index contributed by atoms with van der Waals surface area (Å²) in [6, 6.07) is 7.65. The molecule has 0 heterocycles. The van der Waals surface area contributed by atoms with Crippen LogP contribution in [0.1, 0.15) is 37.7 Å². The van der Waals surface area contributed by atoms with Gasteiger partial charge in [0, 0.05) is 6.54 Å². The normalized spacial score (nSPS) is 17.0. The van der Waals surface area contributed by atoms with Crippen LogP contribution in [0, 0.1) is 5.41 Å². The highest BCUT2D eigenvalue weighted by Crippen LogP contribution is 2.37. The number of ether oxygens (including phenoxy) is 1. The summed E-state index contributed by atoms with van der Waals surface area (Å²) < 4.78 is 5.18. The van der Waals surface area contributed by atoms with Gasteiger partial charge in [0.1, 0.15) is 5.75 Å². The van der Waals surface area contributed by atoms with Gasteiger partial charge in [-0.15, -0.1) is 0 Å². The van der Waals surface area contributed by atoms with Crippen molar-refractivity contribution in [3.63, 3.8) is 0 Å². The first-order valence-electron chi connectivity index (χ1n) is 7.29. The summed E-state index contributed by atoms with van der Waals surface area (Å²) in [5.41, 5.74) is 6.20. The van der Waals surface area contributed by atoms with Crippen molar-refractivity contribution in [1.29, 1.82) is 0 Å². The van der Waals surface area contributed by atoms with Crippen LogP contribution in [0.4, 0.5) is 0 Å². The van der Waals surface area contributed by atoms with Crippen LogP contribution in [0.15, 0.2) is 24.3 Å². The third-order valence-corrected chi connectivity index (χ3v) is 4.59. The highest BCUT2D eigenvalue weighted by molar-refractivity contribution is 7.80. The van der Waals surface area contributed by atoms with Gasteiger partial charge in [-0.3, -0.25) is 4.79 Å². The zero-order valence-corrected chi connectivity index (χ0v) is 13.2. The quantitative estimate of drug-likeness (QED) is 0.821.